The Kier molecular flexibility index (Phi) is 5.65. The number of methoxy groups -OCH3 is 1. The zero-order chi connectivity index (χ0) is 15.8. The van der Waals surface area contributed by atoms with Gasteiger partial charge < -0.3 is 19.9 Å². The number of nitrogens with one attached hydrogen (secondary N) is 1. The highest BCUT2D eigenvalue weighted by Crippen LogP contribution is 2.18. The van der Waals surface area contributed by atoms with Crippen molar-refractivity contribution >= 4 is 5.91 Å². The highest BCUT2D eigenvalue weighted by molar-refractivity contribution is 5.77. The lowest BCUT2D eigenvalue weighted by Gasteiger charge is -2.08. The van der Waals surface area contributed by atoms with E-state index >= 15 is 0 Å². The summed E-state index contributed by atoms with van der Waals surface area (Å²) in [6, 6.07) is 14.0. The maximum Gasteiger partial charge on any atom is 0.257 e. The smallest absolute Gasteiger partial charge is 0.257 e. The van der Waals surface area contributed by atoms with E-state index in [4.69, 9.17) is 9.47 Å². The van der Waals surface area contributed by atoms with E-state index in [2.05, 4.69) is 5.32 Å². The molecule has 1 amide bonds. The van der Waals surface area contributed by atoms with Crippen LogP contribution in [0.15, 0.2) is 48.5 Å². The van der Waals surface area contributed by atoms with E-state index in [9.17, 15) is 9.90 Å². The van der Waals surface area contributed by atoms with Crippen LogP contribution in [-0.2, 0) is 11.2 Å². The number of benzene rings is 2. The molecule has 0 aliphatic rings. The van der Waals surface area contributed by atoms with E-state index in [-0.39, 0.29) is 18.3 Å². The van der Waals surface area contributed by atoms with Crippen molar-refractivity contribution in [2.75, 3.05) is 20.3 Å². The van der Waals surface area contributed by atoms with E-state index in [1.165, 1.54) is 0 Å². The van der Waals surface area contributed by atoms with Gasteiger partial charge in [0.25, 0.3) is 5.91 Å². The van der Waals surface area contributed by atoms with Gasteiger partial charge in [-0.3, -0.25) is 4.79 Å². The number of hydrogen-bond acceptors (Lipinski definition) is 4. The summed E-state index contributed by atoms with van der Waals surface area (Å²) in [7, 11) is 1.58. The average molecular weight is 301 g/mol. The Labute approximate surface area is 129 Å². The number of ether oxygens (including phenoxy) is 2. The molecule has 5 heteroatoms. The number of amides is 1. The van der Waals surface area contributed by atoms with Crippen molar-refractivity contribution in [3.05, 3.63) is 54.1 Å². The molecule has 0 fully saturated rings. The van der Waals surface area contributed by atoms with Crippen LogP contribution in [0.2, 0.25) is 0 Å². The van der Waals surface area contributed by atoms with Crippen LogP contribution in [0.4, 0.5) is 0 Å². The largest absolute Gasteiger partial charge is 0.508 e. The van der Waals surface area contributed by atoms with Gasteiger partial charge in [-0.2, -0.15) is 0 Å². The Balaban J connectivity index is 1.70. The Hall–Kier alpha value is -2.69. The van der Waals surface area contributed by atoms with Crippen LogP contribution in [-0.4, -0.2) is 31.3 Å². The summed E-state index contributed by atoms with van der Waals surface area (Å²) in [5.74, 6) is 1.33. The van der Waals surface area contributed by atoms with E-state index in [1.807, 2.05) is 18.2 Å². The summed E-state index contributed by atoms with van der Waals surface area (Å²) in [6.07, 6.45) is 0.700. The topological polar surface area (TPSA) is 67.8 Å². The molecule has 2 aromatic carbocycles. The summed E-state index contributed by atoms with van der Waals surface area (Å²) in [5, 5.41) is 12.0. The van der Waals surface area contributed by atoms with Crippen LogP contribution >= 0.6 is 0 Å². The summed E-state index contributed by atoms with van der Waals surface area (Å²) in [6.45, 7) is 0.480. The summed E-state index contributed by atoms with van der Waals surface area (Å²) >= 11 is 0. The van der Waals surface area contributed by atoms with Crippen LogP contribution < -0.4 is 14.8 Å². The van der Waals surface area contributed by atoms with Gasteiger partial charge in [-0.15, -0.1) is 0 Å². The zero-order valence-corrected chi connectivity index (χ0v) is 12.4. The lowest BCUT2D eigenvalue weighted by atomic mass is 10.1. The summed E-state index contributed by atoms with van der Waals surface area (Å²) < 4.78 is 10.5. The summed E-state index contributed by atoms with van der Waals surface area (Å²) in [4.78, 5) is 11.7. The second-order valence-corrected chi connectivity index (χ2v) is 4.73. The molecule has 0 saturated carbocycles. The van der Waals surface area contributed by atoms with E-state index in [0.717, 1.165) is 5.56 Å². The van der Waals surface area contributed by atoms with Gasteiger partial charge in [0, 0.05) is 12.6 Å². The zero-order valence-electron chi connectivity index (χ0n) is 12.4. The van der Waals surface area contributed by atoms with Crippen molar-refractivity contribution in [2.45, 2.75) is 6.42 Å². The maximum absolute atomic E-state index is 11.7. The predicted molar refractivity (Wildman–Crippen MR) is 83.3 cm³/mol. The number of aromatic hydroxyl groups is 1. The van der Waals surface area contributed by atoms with Crippen molar-refractivity contribution in [3.63, 3.8) is 0 Å². The minimum absolute atomic E-state index is 0.0389. The van der Waals surface area contributed by atoms with Crippen molar-refractivity contribution < 1.29 is 19.4 Å². The first-order valence-electron chi connectivity index (χ1n) is 6.99. The molecular weight excluding hydrogens is 282 g/mol. The number of phenols is 1. The highest BCUT2D eigenvalue weighted by atomic mass is 16.5. The lowest BCUT2D eigenvalue weighted by molar-refractivity contribution is -0.123. The van der Waals surface area contributed by atoms with Crippen LogP contribution in [0, 0.1) is 0 Å². The third kappa shape index (κ3) is 5.01. The fourth-order valence-corrected chi connectivity index (χ4v) is 1.90. The highest BCUT2D eigenvalue weighted by Gasteiger charge is 2.03. The first-order chi connectivity index (χ1) is 10.7. The second-order valence-electron chi connectivity index (χ2n) is 4.73. The van der Waals surface area contributed by atoms with Crippen molar-refractivity contribution in [3.8, 4) is 17.2 Å². The monoisotopic (exact) mass is 301 g/mol. The maximum atomic E-state index is 11.7. The van der Waals surface area contributed by atoms with E-state index in [0.29, 0.717) is 24.5 Å². The van der Waals surface area contributed by atoms with E-state index in [1.54, 1.807) is 37.4 Å². The molecule has 0 aliphatic heterocycles. The molecule has 5 nitrogen and oxygen atoms in total. The standard InChI is InChI=1S/C17H19NO4/c1-21-15-3-2-4-16(11-15)22-12-17(20)18-10-9-13-5-7-14(19)8-6-13/h2-8,11,19H,9-10,12H2,1H3,(H,18,20). The Morgan fingerprint density at radius 2 is 1.86 bits per heavy atom. The Morgan fingerprint density at radius 3 is 2.59 bits per heavy atom. The lowest BCUT2D eigenvalue weighted by Crippen LogP contribution is -2.30. The molecule has 0 unspecified atom stereocenters. The third-order valence-electron chi connectivity index (χ3n) is 3.08. The molecule has 0 spiro atoms. The van der Waals surface area contributed by atoms with Crippen molar-refractivity contribution in [1.82, 2.24) is 5.32 Å². The number of carbonyl (C=O) groups excluding carboxylic acids is 1. The first kappa shape index (κ1) is 15.7. The quantitative estimate of drug-likeness (QED) is 0.822. The van der Waals surface area contributed by atoms with Crippen molar-refractivity contribution in [1.29, 1.82) is 0 Å². The van der Waals surface area contributed by atoms with Crippen LogP contribution in [0.25, 0.3) is 0 Å². The number of phenolic OH excluding ortho intramolecular Hbond substituents is 1. The Bertz CT molecular complexity index is 610. The van der Waals surface area contributed by atoms with Crippen LogP contribution in [0.3, 0.4) is 0 Å². The molecule has 2 rings (SSSR count). The molecule has 116 valence electrons. The molecule has 22 heavy (non-hydrogen) atoms. The molecule has 0 atom stereocenters. The molecule has 2 N–H and O–H groups in total. The number of carbonyl (C=O) groups is 1. The minimum atomic E-state index is -0.179. The van der Waals surface area contributed by atoms with E-state index < -0.39 is 0 Å². The van der Waals surface area contributed by atoms with Gasteiger partial charge >= 0.3 is 0 Å². The molecule has 0 heterocycles. The van der Waals surface area contributed by atoms with Gasteiger partial charge in [0.1, 0.15) is 17.2 Å². The normalized spacial score (nSPS) is 10.0. The van der Waals surface area contributed by atoms with Gasteiger partial charge in [0.05, 0.1) is 7.11 Å². The average Bonchev–Trinajstić information content (AvgIpc) is 2.55. The van der Waals surface area contributed by atoms with Gasteiger partial charge in [0.15, 0.2) is 6.61 Å². The van der Waals surface area contributed by atoms with Gasteiger partial charge in [-0.25, -0.2) is 0 Å². The predicted octanol–water partition coefficient (Wildman–Crippen LogP) is 2.14. The molecule has 0 saturated heterocycles. The minimum Gasteiger partial charge on any atom is -0.508 e. The van der Waals surface area contributed by atoms with Gasteiger partial charge in [0.2, 0.25) is 0 Å². The molecule has 0 bridgehead atoms. The second kappa shape index (κ2) is 7.93. The van der Waals surface area contributed by atoms with Gasteiger partial charge in [-0.05, 0) is 36.2 Å². The fourth-order valence-electron chi connectivity index (χ4n) is 1.90. The summed E-state index contributed by atoms with van der Waals surface area (Å²) in [5.41, 5.74) is 1.05. The molecule has 0 aliphatic carbocycles. The molecule has 0 aromatic heterocycles. The van der Waals surface area contributed by atoms with Crippen LogP contribution in [0.1, 0.15) is 5.56 Å². The van der Waals surface area contributed by atoms with Crippen LogP contribution in [0.5, 0.6) is 17.2 Å². The van der Waals surface area contributed by atoms with Gasteiger partial charge in [-0.1, -0.05) is 18.2 Å². The molecular formula is C17H19NO4. The third-order valence-corrected chi connectivity index (χ3v) is 3.08. The van der Waals surface area contributed by atoms with Crippen molar-refractivity contribution in [2.24, 2.45) is 0 Å². The fraction of sp³-hybridized carbons (Fsp3) is 0.235. The SMILES string of the molecule is COc1cccc(OCC(=O)NCCc2ccc(O)cc2)c1. The molecule has 2 aromatic rings. The number of hydrogen-bond donors (Lipinski definition) is 2. The first-order valence-corrected chi connectivity index (χ1v) is 6.99. The Morgan fingerprint density at radius 1 is 1.14 bits per heavy atom. The number of rotatable bonds is 7. The molecule has 0 radical (unpaired) electrons.